The Bertz CT molecular complexity index is 558. The number of nitrogens with one attached hydrogen (secondary N) is 2. The highest BCUT2D eigenvalue weighted by molar-refractivity contribution is 5.92. The van der Waals surface area contributed by atoms with Crippen molar-refractivity contribution < 1.29 is 14.3 Å². The molecule has 2 aliphatic rings. The molecular formula is C18H27N3O3. The topological polar surface area (TPSA) is 74.4 Å². The summed E-state index contributed by atoms with van der Waals surface area (Å²) in [5.74, 6) is 0.222. The van der Waals surface area contributed by atoms with E-state index in [0.717, 1.165) is 51.6 Å². The van der Waals surface area contributed by atoms with Crippen molar-refractivity contribution >= 4 is 11.8 Å². The number of likely N-dealkylation sites (tertiary alicyclic amines) is 1. The van der Waals surface area contributed by atoms with Gasteiger partial charge in [0.1, 0.15) is 5.69 Å². The van der Waals surface area contributed by atoms with Crippen LogP contribution in [0, 0.1) is 5.41 Å². The molecular weight excluding hydrogens is 306 g/mol. The van der Waals surface area contributed by atoms with E-state index in [1.54, 1.807) is 19.4 Å². The maximum atomic E-state index is 12.9. The van der Waals surface area contributed by atoms with Gasteiger partial charge in [0, 0.05) is 39.0 Å². The van der Waals surface area contributed by atoms with Gasteiger partial charge in [0.2, 0.25) is 5.91 Å². The smallest absolute Gasteiger partial charge is 0.267 e. The fourth-order valence-electron chi connectivity index (χ4n) is 3.77. The van der Waals surface area contributed by atoms with E-state index < -0.39 is 0 Å². The van der Waals surface area contributed by atoms with Gasteiger partial charge >= 0.3 is 0 Å². The van der Waals surface area contributed by atoms with Gasteiger partial charge in [-0.15, -0.1) is 0 Å². The van der Waals surface area contributed by atoms with Gasteiger partial charge in [-0.3, -0.25) is 9.59 Å². The molecule has 2 heterocycles. The Morgan fingerprint density at radius 3 is 2.67 bits per heavy atom. The van der Waals surface area contributed by atoms with Crippen LogP contribution in [0.2, 0.25) is 0 Å². The highest BCUT2D eigenvalue weighted by Crippen LogP contribution is 2.45. The van der Waals surface area contributed by atoms with E-state index in [4.69, 9.17) is 4.74 Å². The largest absolute Gasteiger partial charge is 0.385 e. The highest BCUT2D eigenvalue weighted by atomic mass is 16.5. The maximum Gasteiger partial charge on any atom is 0.267 e. The van der Waals surface area contributed by atoms with Crippen LogP contribution in [0.15, 0.2) is 18.3 Å². The molecule has 0 radical (unpaired) electrons. The summed E-state index contributed by atoms with van der Waals surface area (Å²) in [7, 11) is 1.69. The Hall–Kier alpha value is -1.82. The van der Waals surface area contributed by atoms with Crippen LogP contribution in [0.25, 0.3) is 0 Å². The van der Waals surface area contributed by atoms with Gasteiger partial charge < -0.3 is 19.9 Å². The average molecular weight is 333 g/mol. The van der Waals surface area contributed by atoms with Crippen LogP contribution < -0.4 is 5.32 Å². The second-order valence-electron chi connectivity index (χ2n) is 7.00. The molecule has 1 saturated heterocycles. The molecule has 0 aromatic carbocycles. The Labute approximate surface area is 142 Å². The molecule has 6 nitrogen and oxygen atoms in total. The van der Waals surface area contributed by atoms with Crippen LogP contribution in [-0.2, 0) is 9.53 Å². The predicted octanol–water partition coefficient (Wildman–Crippen LogP) is 1.94. The summed E-state index contributed by atoms with van der Waals surface area (Å²) >= 11 is 0. The summed E-state index contributed by atoms with van der Waals surface area (Å²) in [4.78, 5) is 29.9. The third-order valence-corrected chi connectivity index (χ3v) is 5.51. The molecule has 3 rings (SSSR count). The normalized spacial score (nSPS) is 20.5. The Morgan fingerprint density at radius 1 is 1.38 bits per heavy atom. The standard InChI is InChI=1S/C18H27N3O3/c1-24-13-9-18(7-3-8-18)17(23)21-11-5-14(6-12-21)20-16(22)15-4-2-10-19-15/h2,4,10,14,19H,3,5-9,11-13H2,1H3,(H,20,22). The van der Waals surface area contributed by atoms with Crippen molar-refractivity contribution in [2.45, 2.75) is 44.6 Å². The van der Waals surface area contributed by atoms with E-state index >= 15 is 0 Å². The van der Waals surface area contributed by atoms with E-state index in [-0.39, 0.29) is 17.4 Å². The Balaban J connectivity index is 1.49. The van der Waals surface area contributed by atoms with Crippen molar-refractivity contribution in [2.24, 2.45) is 5.41 Å². The molecule has 0 atom stereocenters. The van der Waals surface area contributed by atoms with Crippen molar-refractivity contribution in [3.05, 3.63) is 24.0 Å². The van der Waals surface area contributed by atoms with Gasteiger partial charge in [0.25, 0.3) is 5.91 Å². The molecule has 132 valence electrons. The zero-order chi connectivity index (χ0) is 17.0. The molecule has 2 fully saturated rings. The van der Waals surface area contributed by atoms with Crippen LogP contribution >= 0.6 is 0 Å². The monoisotopic (exact) mass is 333 g/mol. The number of nitrogens with zero attached hydrogens (tertiary/aromatic N) is 1. The number of piperidine rings is 1. The summed E-state index contributed by atoms with van der Waals surface area (Å²) in [6.07, 6.45) is 7.31. The number of carbonyl (C=O) groups is 2. The first-order chi connectivity index (χ1) is 11.6. The fourth-order valence-corrected chi connectivity index (χ4v) is 3.77. The molecule has 1 aromatic heterocycles. The number of aromatic amines is 1. The molecule has 0 unspecified atom stereocenters. The number of hydrogen-bond acceptors (Lipinski definition) is 3. The number of H-pyrrole nitrogens is 1. The number of amides is 2. The van der Waals surface area contributed by atoms with E-state index in [1.165, 1.54) is 0 Å². The first kappa shape index (κ1) is 17.0. The first-order valence-electron chi connectivity index (χ1n) is 8.87. The second-order valence-corrected chi connectivity index (χ2v) is 7.00. The van der Waals surface area contributed by atoms with Crippen LogP contribution in [0.4, 0.5) is 0 Å². The minimum atomic E-state index is -0.184. The minimum absolute atomic E-state index is 0.0691. The van der Waals surface area contributed by atoms with Crippen molar-refractivity contribution in [1.29, 1.82) is 0 Å². The van der Waals surface area contributed by atoms with Crippen LogP contribution in [0.1, 0.15) is 49.0 Å². The van der Waals surface area contributed by atoms with Gasteiger partial charge in [0.15, 0.2) is 0 Å². The quantitative estimate of drug-likeness (QED) is 0.835. The number of carbonyl (C=O) groups excluding carboxylic acids is 2. The van der Waals surface area contributed by atoms with Crippen molar-refractivity contribution in [3.63, 3.8) is 0 Å². The van der Waals surface area contributed by atoms with Crippen molar-refractivity contribution in [1.82, 2.24) is 15.2 Å². The lowest BCUT2D eigenvalue weighted by atomic mass is 9.65. The minimum Gasteiger partial charge on any atom is -0.385 e. The average Bonchev–Trinajstić information content (AvgIpc) is 3.09. The van der Waals surface area contributed by atoms with Gasteiger partial charge in [-0.1, -0.05) is 6.42 Å². The van der Waals surface area contributed by atoms with Crippen LogP contribution in [0.5, 0.6) is 0 Å². The molecule has 1 aliphatic carbocycles. The SMILES string of the molecule is COCCC1(C(=O)N2CCC(NC(=O)c3ccc[nH]3)CC2)CCC1. The molecule has 24 heavy (non-hydrogen) atoms. The number of hydrogen-bond donors (Lipinski definition) is 2. The number of methoxy groups -OCH3 is 1. The molecule has 1 aliphatic heterocycles. The summed E-state index contributed by atoms with van der Waals surface area (Å²) in [5, 5.41) is 3.05. The van der Waals surface area contributed by atoms with Crippen molar-refractivity contribution in [3.8, 4) is 0 Å². The van der Waals surface area contributed by atoms with Crippen molar-refractivity contribution in [2.75, 3.05) is 26.8 Å². The summed E-state index contributed by atoms with van der Waals surface area (Å²) < 4.78 is 5.19. The lowest BCUT2D eigenvalue weighted by Crippen LogP contribution is -2.53. The molecule has 1 aromatic rings. The maximum absolute atomic E-state index is 12.9. The van der Waals surface area contributed by atoms with E-state index in [2.05, 4.69) is 10.3 Å². The second kappa shape index (κ2) is 7.38. The summed E-state index contributed by atoms with van der Waals surface area (Å²) in [6.45, 7) is 2.10. The predicted molar refractivity (Wildman–Crippen MR) is 90.6 cm³/mol. The van der Waals surface area contributed by atoms with Crippen LogP contribution in [0.3, 0.4) is 0 Å². The first-order valence-corrected chi connectivity index (χ1v) is 8.87. The highest BCUT2D eigenvalue weighted by Gasteiger charge is 2.46. The van der Waals surface area contributed by atoms with Gasteiger partial charge in [-0.2, -0.15) is 0 Å². The van der Waals surface area contributed by atoms with Gasteiger partial charge in [-0.25, -0.2) is 0 Å². The van der Waals surface area contributed by atoms with E-state index in [0.29, 0.717) is 18.2 Å². The fraction of sp³-hybridized carbons (Fsp3) is 0.667. The third-order valence-electron chi connectivity index (χ3n) is 5.51. The molecule has 0 bridgehead atoms. The molecule has 0 spiro atoms. The number of rotatable bonds is 6. The summed E-state index contributed by atoms with van der Waals surface area (Å²) in [5.41, 5.74) is 0.401. The number of aromatic nitrogens is 1. The lowest BCUT2D eigenvalue weighted by Gasteiger charge is -2.45. The molecule has 2 N–H and O–H groups in total. The van der Waals surface area contributed by atoms with E-state index in [1.807, 2.05) is 11.0 Å². The van der Waals surface area contributed by atoms with E-state index in [9.17, 15) is 9.59 Å². The third kappa shape index (κ3) is 3.48. The Morgan fingerprint density at radius 2 is 2.12 bits per heavy atom. The lowest BCUT2D eigenvalue weighted by molar-refractivity contribution is -0.150. The molecule has 2 amide bonds. The zero-order valence-electron chi connectivity index (χ0n) is 14.3. The van der Waals surface area contributed by atoms with Crippen LogP contribution in [-0.4, -0.2) is 54.5 Å². The van der Waals surface area contributed by atoms with Gasteiger partial charge in [-0.05, 0) is 44.2 Å². The molecule has 6 heteroatoms. The zero-order valence-corrected chi connectivity index (χ0v) is 14.3. The van der Waals surface area contributed by atoms with Gasteiger partial charge in [0.05, 0.1) is 5.41 Å². The Kier molecular flexibility index (Phi) is 5.23. The summed E-state index contributed by atoms with van der Waals surface area (Å²) in [6, 6.07) is 3.72. The molecule has 1 saturated carbocycles. The number of ether oxygens (including phenoxy) is 1.